The second-order valence-corrected chi connectivity index (χ2v) is 10.2. The molecule has 1 saturated carbocycles. The van der Waals surface area contributed by atoms with Crippen LogP contribution in [-0.4, -0.2) is 20.6 Å². The van der Waals surface area contributed by atoms with Crippen LogP contribution >= 0.6 is 11.8 Å². The van der Waals surface area contributed by atoms with Gasteiger partial charge in [0.15, 0.2) is 5.60 Å². The topological polar surface area (TPSA) is 107 Å². The van der Waals surface area contributed by atoms with Crippen molar-refractivity contribution in [3.05, 3.63) is 55.7 Å². The van der Waals surface area contributed by atoms with Gasteiger partial charge in [-0.25, -0.2) is 9.78 Å². The van der Waals surface area contributed by atoms with Crippen LogP contribution in [0.3, 0.4) is 0 Å². The summed E-state index contributed by atoms with van der Waals surface area (Å²) in [5.74, 6) is -0.223. The standard InChI is InChI=1S/C25H21N3O4S/c1-2-25(31)16-8-18-21-14(9-28(18)23(29)15(16)10-32-24(25)30)12-5-6-33-22-19(12)17(27-21)7-13(20(22)26)11-3-4-11/h5-8,11,31H,2-4,9-10,26H2,1H3/t25-/m0/s1. The third-order valence-electron chi connectivity index (χ3n) is 7.48. The fourth-order valence-electron chi connectivity index (χ4n) is 5.49. The van der Waals surface area contributed by atoms with Crippen molar-refractivity contribution in [1.82, 2.24) is 9.55 Å². The van der Waals surface area contributed by atoms with E-state index in [2.05, 4.69) is 12.1 Å². The average molecular weight is 460 g/mol. The van der Waals surface area contributed by atoms with Gasteiger partial charge in [0.1, 0.15) is 6.61 Å². The van der Waals surface area contributed by atoms with Crippen molar-refractivity contribution in [3.63, 3.8) is 0 Å². The van der Waals surface area contributed by atoms with Gasteiger partial charge in [-0.15, -0.1) is 0 Å². The van der Waals surface area contributed by atoms with Crippen LogP contribution in [0.1, 0.15) is 59.9 Å². The number of rotatable bonds is 2. The van der Waals surface area contributed by atoms with E-state index in [0.29, 0.717) is 29.3 Å². The maximum absolute atomic E-state index is 13.5. The second kappa shape index (κ2) is 6.27. The summed E-state index contributed by atoms with van der Waals surface area (Å²) in [6, 6.07) is 3.87. The molecule has 7 nitrogen and oxygen atoms in total. The van der Waals surface area contributed by atoms with E-state index in [1.165, 1.54) is 0 Å². The zero-order valence-electron chi connectivity index (χ0n) is 18.0. The summed E-state index contributed by atoms with van der Waals surface area (Å²) in [5.41, 5.74) is 11.4. The Hall–Kier alpha value is -3.10. The number of hydrogen-bond acceptors (Lipinski definition) is 7. The van der Waals surface area contributed by atoms with Gasteiger partial charge in [0, 0.05) is 27.1 Å². The smallest absolute Gasteiger partial charge is 0.343 e. The molecule has 0 amide bonds. The number of hydrogen-bond donors (Lipinski definition) is 2. The molecule has 0 unspecified atom stereocenters. The first kappa shape index (κ1) is 19.4. The lowest BCUT2D eigenvalue weighted by Gasteiger charge is -2.31. The highest BCUT2D eigenvalue weighted by atomic mass is 32.2. The molecule has 1 aromatic carbocycles. The quantitative estimate of drug-likeness (QED) is 0.348. The zero-order valence-corrected chi connectivity index (χ0v) is 18.8. The SMILES string of the molecule is CC[C@@]1(O)C(=O)OCc2c1cc1n(c2=O)Cc2c-1nc1cc(C3CC3)c(N)c3c1c2C=CS3. The summed E-state index contributed by atoms with van der Waals surface area (Å²) in [5, 5.41) is 14.2. The van der Waals surface area contributed by atoms with Gasteiger partial charge < -0.3 is 20.1 Å². The van der Waals surface area contributed by atoms with Gasteiger partial charge in [0.05, 0.1) is 29.0 Å². The third kappa shape index (κ3) is 2.37. The number of ether oxygens (including phenoxy) is 1. The van der Waals surface area contributed by atoms with E-state index in [4.69, 9.17) is 15.5 Å². The minimum atomic E-state index is -1.83. The van der Waals surface area contributed by atoms with E-state index in [-0.39, 0.29) is 18.6 Å². The Balaban J connectivity index is 1.54. The van der Waals surface area contributed by atoms with Crippen LogP contribution in [0.15, 0.2) is 27.2 Å². The second-order valence-electron chi connectivity index (χ2n) is 9.25. The number of benzene rings is 1. The molecular weight excluding hydrogens is 438 g/mol. The summed E-state index contributed by atoms with van der Waals surface area (Å²) in [4.78, 5) is 31.9. The molecule has 0 spiro atoms. The molecular formula is C25H21N3O4S. The molecule has 0 saturated heterocycles. The lowest BCUT2D eigenvalue weighted by atomic mass is 9.86. The normalized spacial score (nSPS) is 22.2. The van der Waals surface area contributed by atoms with E-state index in [9.17, 15) is 14.7 Å². The molecule has 5 heterocycles. The van der Waals surface area contributed by atoms with Crippen LogP contribution in [0.25, 0.3) is 28.4 Å². The first-order chi connectivity index (χ1) is 15.9. The van der Waals surface area contributed by atoms with E-state index in [1.807, 2.05) is 5.41 Å². The van der Waals surface area contributed by atoms with E-state index in [0.717, 1.165) is 56.7 Å². The number of aromatic nitrogens is 2. The average Bonchev–Trinajstić information content (AvgIpc) is 3.60. The Morgan fingerprint density at radius 3 is 2.88 bits per heavy atom. The Morgan fingerprint density at radius 2 is 2.12 bits per heavy atom. The summed E-state index contributed by atoms with van der Waals surface area (Å²) in [6.07, 6.45) is 4.48. The van der Waals surface area contributed by atoms with Gasteiger partial charge >= 0.3 is 5.97 Å². The molecule has 0 radical (unpaired) electrons. The van der Waals surface area contributed by atoms with Gasteiger partial charge in [-0.1, -0.05) is 18.7 Å². The molecule has 3 aromatic rings. The summed E-state index contributed by atoms with van der Waals surface area (Å²) in [7, 11) is 0. The predicted molar refractivity (Wildman–Crippen MR) is 126 cm³/mol. The lowest BCUT2D eigenvalue weighted by Crippen LogP contribution is -2.44. The molecule has 166 valence electrons. The molecule has 4 aliphatic rings. The Morgan fingerprint density at radius 1 is 1.30 bits per heavy atom. The van der Waals surface area contributed by atoms with Crippen molar-refractivity contribution < 1.29 is 14.6 Å². The van der Waals surface area contributed by atoms with Gasteiger partial charge in [-0.3, -0.25) is 4.79 Å². The number of nitrogen functional groups attached to an aromatic ring is 1. The number of carbonyl (C=O) groups is 1. The summed E-state index contributed by atoms with van der Waals surface area (Å²) in [6.45, 7) is 1.96. The highest BCUT2D eigenvalue weighted by Crippen LogP contribution is 2.51. The minimum Gasteiger partial charge on any atom is -0.458 e. The van der Waals surface area contributed by atoms with E-state index >= 15 is 0 Å². The fraction of sp³-hybridized carbons (Fsp3) is 0.320. The van der Waals surface area contributed by atoms with Crippen molar-refractivity contribution >= 4 is 40.4 Å². The summed E-state index contributed by atoms with van der Waals surface area (Å²) < 4.78 is 6.85. The van der Waals surface area contributed by atoms with Crippen LogP contribution in [0.5, 0.6) is 0 Å². The number of nitrogens with two attached hydrogens (primary N) is 1. The van der Waals surface area contributed by atoms with Gasteiger partial charge in [0.25, 0.3) is 5.56 Å². The Labute approximate surface area is 193 Å². The molecule has 1 fully saturated rings. The van der Waals surface area contributed by atoms with Crippen molar-refractivity contribution in [2.75, 3.05) is 5.73 Å². The maximum Gasteiger partial charge on any atom is 0.343 e. The van der Waals surface area contributed by atoms with Gasteiger partial charge in [0.2, 0.25) is 0 Å². The monoisotopic (exact) mass is 459 g/mol. The molecule has 7 rings (SSSR count). The fourth-order valence-corrected chi connectivity index (χ4v) is 6.40. The van der Waals surface area contributed by atoms with Crippen LogP contribution in [0, 0.1) is 0 Å². The minimum absolute atomic E-state index is 0.123. The number of anilines is 1. The zero-order chi connectivity index (χ0) is 22.6. The molecule has 33 heavy (non-hydrogen) atoms. The predicted octanol–water partition coefficient (Wildman–Crippen LogP) is 3.62. The van der Waals surface area contributed by atoms with Crippen molar-refractivity contribution in [1.29, 1.82) is 0 Å². The highest BCUT2D eigenvalue weighted by molar-refractivity contribution is 8.02. The number of carbonyl (C=O) groups excluding carboxylic acids is 1. The molecule has 0 bridgehead atoms. The molecule has 8 heteroatoms. The summed E-state index contributed by atoms with van der Waals surface area (Å²) >= 11 is 1.62. The molecule has 1 aliphatic carbocycles. The first-order valence-corrected chi connectivity index (χ1v) is 12.1. The van der Waals surface area contributed by atoms with Gasteiger partial charge in [-0.2, -0.15) is 0 Å². The first-order valence-electron chi connectivity index (χ1n) is 11.2. The number of thioether (sulfide) groups is 1. The highest BCUT2D eigenvalue weighted by Gasteiger charge is 2.45. The lowest BCUT2D eigenvalue weighted by molar-refractivity contribution is -0.172. The van der Waals surface area contributed by atoms with Crippen molar-refractivity contribution in [2.24, 2.45) is 0 Å². The number of pyridine rings is 2. The number of esters is 1. The Kier molecular flexibility index (Phi) is 3.68. The van der Waals surface area contributed by atoms with E-state index in [1.54, 1.807) is 29.3 Å². The van der Waals surface area contributed by atoms with Gasteiger partial charge in [-0.05, 0) is 59.9 Å². The molecule has 3 N–H and O–H groups in total. The Bertz CT molecular complexity index is 1540. The number of aliphatic hydroxyl groups is 1. The largest absolute Gasteiger partial charge is 0.458 e. The number of fused-ring (bicyclic) bond motifs is 5. The van der Waals surface area contributed by atoms with E-state index < -0.39 is 11.6 Å². The number of nitrogens with zero attached hydrogens (tertiary/aromatic N) is 2. The molecule has 3 aliphatic heterocycles. The van der Waals surface area contributed by atoms with Crippen molar-refractivity contribution in [3.8, 4) is 11.4 Å². The molecule has 1 atom stereocenters. The van der Waals surface area contributed by atoms with Crippen LogP contribution in [0.4, 0.5) is 5.69 Å². The number of cyclic esters (lactones) is 1. The third-order valence-corrected chi connectivity index (χ3v) is 8.41. The van der Waals surface area contributed by atoms with Crippen LogP contribution in [-0.2, 0) is 28.3 Å². The van der Waals surface area contributed by atoms with Crippen LogP contribution in [0.2, 0.25) is 0 Å². The maximum atomic E-state index is 13.5. The van der Waals surface area contributed by atoms with Crippen molar-refractivity contribution in [2.45, 2.75) is 55.8 Å². The molecule has 2 aromatic heterocycles. The van der Waals surface area contributed by atoms with Crippen LogP contribution < -0.4 is 11.3 Å².